The van der Waals surface area contributed by atoms with Gasteiger partial charge in [0.2, 0.25) is 0 Å². The molecule has 0 amide bonds. The molecule has 0 aromatic carbocycles. The van der Waals surface area contributed by atoms with Gasteiger partial charge < -0.3 is 15.1 Å². The van der Waals surface area contributed by atoms with Crippen LogP contribution in [0.25, 0.3) is 0 Å². The molecule has 1 heterocycles. The number of likely N-dealkylation sites (tertiary alicyclic amines) is 1. The van der Waals surface area contributed by atoms with Crippen LogP contribution in [0.3, 0.4) is 0 Å². The van der Waals surface area contributed by atoms with E-state index in [0.717, 1.165) is 19.5 Å². The molecule has 1 aliphatic carbocycles. The molecule has 2 unspecified atom stereocenters. The van der Waals surface area contributed by atoms with Crippen LogP contribution in [0, 0.1) is 17.8 Å². The first-order valence-electron chi connectivity index (χ1n) is 6.23. The third kappa shape index (κ3) is 2.52. The summed E-state index contributed by atoms with van der Waals surface area (Å²) in [5.74, 6) is 1.18. The maximum absolute atomic E-state index is 9.56. The van der Waals surface area contributed by atoms with E-state index in [2.05, 4.69) is 11.9 Å². The maximum Gasteiger partial charge on any atom is 0.154 e. The molecule has 88 valence electrons. The lowest BCUT2D eigenvalue weighted by Crippen LogP contribution is -2.34. The molecule has 3 heteroatoms. The highest BCUT2D eigenvalue weighted by molar-refractivity contribution is 4.86. The summed E-state index contributed by atoms with van der Waals surface area (Å²) >= 11 is 0. The molecule has 3 nitrogen and oxygen atoms in total. The Kier molecular flexibility index (Phi) is 3.65. The van der Waals surface area contributed by atoms with Gasteiger partial charge in [-0.15, -0.1) is 0 Å². The van der Waals surface area contributed by atoms with Crippen molar-refractivity contribution in [3.8, 4) is 0 Å². The van der Waals surface area contributed by atoms with E-state index < -0.39 is 6.29 Å². The van der Waals surface area contributed by atoms with Gasteiger partial charge in [-0.25, -0.2) is 0 Å². The van der Waals surface area contributed by atoms with E-state index in [4.69, 9.17) is 0 Å². The van der Waals surface area contributed by atoms with Gasteiger partial charge >= 0.3 is 0 Å². The second kappa shape index (κ2) is 4.81. The number of nitrogens with zero attached hydrogens (tertiary/aromatic N) is 1. The van der Waals surface area contributed by atoms with Crippen molar-refractivity contribution in [2.24, 2.45) is 17.8 Å². The number of rotatable bonds is 3. The van der Waals surface area contributed by atoms with Gasteiger partial charge in [-0.2, -0.15) is 0 Å². The number of aliphatic hydroxyl groups is 2. The van der Waals surface area contributed by atoms with Gasteiger partial charge in [0.25, 0.3) is 0 Å². The van der Waals surface area contributed by atoms with E-state index in [1.165, 1.54) is 25.7 Å². The Morgan fingerprint density at radius 3 is 2.20 bits per heavy atom. The Morgan fingerprint density at radius 1 is 1.07 bits per heavy atom. The van der Waals surface area contributed by atoms with E-state index in [0.29, 0.717) is 11.8 Å². The molecule has 1 saturated heterocycles. The van der Waals surface area contributed by atoms with E-state index in [-0.39, 0.29) is 5.92 Å². The standard InChI is InChI=1S/C12H23NO2/c1-13-7-6-10(8-13)11(12(14)15)9-4-2-3-5-9/h9-12,14-15H,2-8H2,1H3. The first-order valence-corrected chi connectivity index (χ1v) is 6.23. The molecular weight excluding hydrogens is 190 g/mol. The molecule has 2 rings (SSSR count). The van der Waals surface area contributed by atoms with Crippen molar-refractivity contribution in [3.05, 3.63) is 0 Å². The van der Waals surface area contributed by atoms with Crippen molar-refractivity contribution in [2.45, 2.75) is 38.4 Å². The molecule has 2 fully saturated rings. The average molecular weight is 213 g/mol. The van der Waals surface area contributed by atoms with Crippen LogP contribution in [0.2, 0.25) is 0 Å². The summed E-state index contributed by atoms with van der Waals surface area (Å²) in [7, 11) is 2.12. The number of hydrogen-bond acceptors (Lipinski definition) is 3. The van der Waals surface area contributed by atoms with Gasteiger partial charge in [-0.1, -0.05) is 12.8 Å². The zero-order valence-corrected chi connectivity index (χ0v) is 9.60. The highest BCUT2D eigenvalue weighted by atomic mass is 16.5. The largest absolute Gasteiger partial charge is 0.368 e. The van der Waals surface area contributed by atoms with Gasteiger partial charge in [0.1, 0.15) is 0 Å². The number of hydrogen-bond donors (Lipinski definition) is 2. The molecule has 1 saturated carbocycles. The van der Waals surface area contributed by atoms with Crippen LogP contribution >= 0.6 is 0 Å². The summed E-state index contributed by atoms with van der Waals surface area (Å²) in [6.07, 6.45) is 4.97. The van der Waals surface area contributed by atoms with Gasteiger partial charge in [0.15, 0.2) is 6.29 Å². The van der Waals surface area contributed by atoms with Crippen LogP contribution in [0.4, 0.5) is 0 Å². The average Bonchev–Trinajstić information content (AvgIpc) is 2.77. The lowest BCUT2D eigenvalue weighted by molar-refractivity contribution is -0.116. The minimum atomic E-state index is -1.11. The Hall–Kier alpha value is -0.120. The second-order valence-electron chi connectivity index (χ2n) is 5.35. The highest BCUT2D eigenvalue weighted by Gasteiger charge is 2.38. The summed E-state index contributed by atoms with van der Waals surface area (Å²) in [5, 5.41) is 19.1. The van der Waals surface area contributed by atoms with Crippen LogP contribution in [-0.2, 0) is 0 Å². The van der Waals surface area contributed by atoms with Gasteiger partial charge in [0.05, 0.1) is 0 Å². The van der Waals surface area contributed by atoms with E-state index in [1.807, 2.05) is 0 Å². The van der Waals surface area contributed by atoms with Crippen molar-refractivity contribution >= 4 is 0 Å². The minimum Gasteiger partial charge on any atom is -0.368 e. The van der Waals surface area contributed by atoms with Crippen LogP contribution < -0.4 is 0 Å². The lowest BCUT2D eigenvalue weighted by atomic mass is 9.79. The summed E-state index contributed by atoms with van der Waals surface area (Å²) < 4.78 is 0. The Balaban J connectivity index is 1.99. The highest BCUT2D eigenvalue weighted by Crippen LogP contribution is 2.39. The smallest absolute Gasteiger partial charge is 0.154 e. The third-order valence-corrected chi connectivity index (χ3v) is 4.26. The SMILES string of the molecule is CN1CCC(C(C(O)O)C2CCCC2)C1. The minimum absolute atomic E-state index is 0.123. The predicted octanol–water partition coefficient (Wildman–Crippen LogP) is 1.06. The van der Waals surface area contributed by atoms with Crippen LogP contribution in [0.5, 0.6) is 0 Å². The van der Waals surface area contributed by atoms with Gasteiger partial charge in [0, 0.05) is 12.5 Å². The van der Waals surface area contributed by atoms with E-state index in [1.54, 1.807) is 0 Å². The summed E-state index contributed by atoms with van der Waals surface area (Å²) in [4.78, 5) is 2.30. The van der Waals surface area contributed by atoms with Crippen LogP contribution in [0.15, 0.2) is 0 Å². The van der Waals surface area contributed by atoms with Crippen LogP contribution in [0.1, 0.15) is 32.1 Å². The van der Waals surface area contributed by atoms with Crippen molar-refractivity contribution < 1.29 is 10.2 Å². The van der Waals surface area contributed by atoms with Crippen LogP contribution in [-0.4, -0.2) is 41.5 Å². The number of aliphatic hydroxyl groups excluding tert-OH is 1. The monoisotopic (exact) mass is 213 g/mol. The Labute approximate surface area is 92.1 Å². The summed E-state index contributed by atoms with van der Waals surface area (Å²) in [6.45, 7) is 2.15. The van der Waals surface area contributed by atoms with Crippen molar-refractivity contribution in [1.29, 1.82) is 0 Å². The quantitative estimate of drug-likeness (QED) is 0.689. The molecule has 0 spiro atoms. The van der Waals surface area contributed by atoms with Crippen molar-refractivity contribution in [2.75, 3.05) is 20.1 Å². The second-order valence-corrected chi connectivity index (χ2v) is 5.35. The fourth-order valence-corrected chi connectivity index (χ4v) is 3.50. The lowest BCUT2D eigenvalue weighted by Gasteiger charge is -2.30. The van der Waals surface area contributed by atoms with Crippen molar-refractivity contribution in [1.82, 2.24) is 4.90 Å². The van der Waals surface area contributed by atoms with E-state index >= 15 is 0 Å². The molecule has 0 radical (unpaired) electrons. The molecule has 15 heavy (non-hydrogen) atoms. The summed E-state index contributed by atoms with van der Waals surface area (Å²) in [6, 6.07) is 0. The van der Waals surface area contributed by atoms with Crippen molar-refractivity contribution in [3.63, 3.8) is 0 Å². The fourth-order valence-electron chi connectivity index (χ4n) is 3.50. The van der Waals surface area contributed by atoms with E-state index in [9.17, 15) is 10.2 Å². The molecule has 0 aromatic heterocycles. The maximum atomic E-state index is 9.56. The fraction of sp³-hybridized carbons (Fsp3) is 1.00. The Morgan fingerprint density at radius 2 is 1.73 bits per heavy atom. The first-order chi connectivity index (χ1) is 7.18. The first kappa shape index (κ1) is 11.4. The predicted molar refractivity (Wildman–Crippen MR) is 59.3 cm³/mol. The molecule has 2 atom stereocenters. The molecule has 0 bridgehead atoms. The Bertz CT molecular complexity index is 202. The summed E-state index contributed by atoms with van der Waals surface area (Å²) in [5.41, 5.74) is 0. The zero-order valence-electron chi connectivity index (χ0n) is 9.60. The normalized spacial score (nSPS) is 31.6. The van der Waals surface area contributed by atoms with Gasteiger partial charge in [-0.3, -0.25) is 0 Å². The molecular formula is C12H23NO2. The van der Waals surface area contributed by atoms with Gasteiger partial charge in [-0.05, 0) is 44.7 Å². The molecule has 0 aromatic rings. The zero-order chi connectivity index (χ0) is 10.8. The molecule has 2 N–H and O–H groups in total. The topological polar surface area (TPSA) is 43.7 Å². The third-order valence-electron chi connectivity index (χ3n) is 4.26. The molecule has 2 aliphatic rings. The molecule has 1 aliphatic heterocycles.